The molecular weight excluding hydrogens is 466 g/mol. The third-order valence-electron chi connectivity index (χ3n) is 5.40. The van der Waals surface area contributed by atoms with Gasteiger partial charge in [0.05, 0.1) is 21.2 Å². The van der Waals surface area contributed by atoms with Crippen molar-refractivity contribution in [3.63, 3.8) is 0 Å². The second kappa shape index (κ2) is 10.5. The molecule has 0 saturated carbocycles. The van der Waals surface area contributed by atoms with E-state index in [1.54, 1.807) is 18.2 Å². The maximum atomic E-state index is 12.9. The van der Waals surface area contributed by atoms with Gasteiger partial charge in [-0.25, -0.2) is 13.2 Å². The van der Waals surface area contributed by atoms with Crippen molar-refractivity contribution in [2.45, 2.75) is 37.2 Å². The lowest BCUT2D eigenvalue weighted by atomic mass is 10.2. The highest BCUT2D eigenvalue weighted by Crippen LogP contribution is 2.28. The zero-order chi connectivity index (χ0) is 24.2. The predicted molar refractivity (Wildman–Crippen MR) is 128 cm³/mol. The number of piperidine rings is 1. The van der Waals surface area contributed by atoms with Crippen molar-refractivity contribution in [2.24, 2.45) is 0 Å². The first-order chi connectivity index (χ1) is 15.6. The second-order valence-corrected chi connectivity index (χ2v) is 10.4. The number of hydrogen-bond donors (Lipinski definition) is 1. The van der Waals surface area contributed by atoms with Crippen LogP contribution in [0.25, 0.3) is 0 Å². The van der Waals surface area contributed by atoms with Gasteiger partial charge >= 0.3 is 5.97 Å². The maximum absolute atomic E-state index is 12.9. The molecule has 0 radical (unpaired) electrons. The third-order valence-corrected chi connectivity index (χ3v) is 7.62. The van der Waals surface area contributed by atoms with E-state index >= 15 is 0 Å². The molecule has 1 aliphatic rings. The molecule has 33 heavy (non-hydrogen) atoms. The van der Waals surface area contributed by atoms with Crippen molar-refractivity contribution in [3.8, 4) is 0 Å². The van der Waals surface area contributed by atoms with Crippen molar-refractivity contribution in [1.29, 1.82) is 0 Å². The summed E-state index contributed by atoms with van der Waals surface area (Å²) in [5.41, 5.74) is 1.27. The summed E-state index contributed by atoms with van der Waals surface area (Å²) in [6.45, 7) is 2.37. The van der Waals surface area contributed by atoms with Crippen molar-refractivity contribution in [1.82, 2.24) is 4.31 Å². The fraction of sp³-hybridized carbons (Fsp3) is 0.391. The Kier molecular flexibility index (Phi) is 7.99. The first-order valence-electron chi connectivity index (χ1n) is 10.7. The van der Waals surface area contributed by atoms with Gasteiger partial charge in [-0.3, -0.25) is 4.79 Å². The van der Waals surface area contributed by atoms with Crippen LogP contribution in [0.2, 0.25) is 5.02 Å². The molecule has 178 valence electrons. The van der Waals surface area contributed by atoms with E-state index in [-0.39, 0.29) is 15.6 Å². The number of sulfonamides is 1. The first-order valence-corrected chi connectivity index (χ1v) is 12.5. The molecule has 3 rings (SSSR count). The minimum Gasteiger partial charge on any atom is -0.449 e. The first kappa shape index (κ1) is 25.0. The Bertz CT molecular complexity index is 1130. The van der Waals surface area contributed by atoms with Crippen LogP contribution >= 0.6 is 11.6 Å². The van der Waals surface area contributed by atoms with Gasteiger partial charge in [0.2, 0.25) is 10.0 Å². The largest absolute Gasteiger partial charge is 0.449 e. The smallest absolute Gasteiger partial charge is 0.338 e. The van der Waals surface area contributed by atoms with Crippen LogP contribution in [0, 0.1) is 0 Å². The summed E-state index contributed by atoms with van der Waals surface area (Å²) in [5, 5.41) is 2.75. The lowest BCUT2D eigenvalue weighted by molar-refractivity contribution is -0.123. The average Bonchev–Trinajstić information content (AvgIpc) is 2.80. The number of hydrogen-bond acceptors (Lipinski definition) is 6. The molecule has 10 heteroatoms. The van der Waals surface area contributed by atoms with Gasteiger partial charge in [0.1, 0.15) is 0 Å². The molecule has 1 saturated heterocycles. The van der Waals surface area contributed by atoms with Crippen LogP contribution in [0.1, 0.15) is 36.5 Å². The van der Waals surface area contributed by atoms with Crippen LogP contribution in [-0.4, -0.2) is 57.9 Å². The molecule has 0 aliphatic carbocycles. The van der Waals surface area contributed by atoms with Crippen molar-refractivity contribution in [2.75, 3.05) is 37.4 Å². The minimum absolute atomic E-state index is 0.0502. The molecule has 1 N–H and O–H groups in total. The van der Waals surface area contributed by atoms with Crippen LogP contribution < -0.4 is 10.2 Å². The number of benzene rings is 2. The van der Waals surface area contributed by atoms with E-state index in [0.29, 0.717) is 18.7 Å². The quantitative estimate of drug-likeness (QED) is 0.590. The highest BCUT2D eigenvalue weighted by molar-refractivity contribution is 7.89. The molecular formula is C23H28ClN3O5S. The van der Waals surface area contributed by atoms with Gasteiger partial charge in [0.15, 0.2) is 6.10 Å². The average molecular weight is 494 g/mol. The fourth-order valence-electron chi connectivity index (χ4n) is 3.44. The van der Waals surface area contributed by atoms with E-state index in [0.717, 1.165) is 24.9 Å². The Labute approximate surface area is 199 Å². The standard InChI is InChI=1S/C23H28ClN3O5S/c1-16(32-23(29)17-8-7-9-18(14-17)26(2)3)22(28)25-21-15-19(10-11-20(21)24)33(30,31)27-12-5-4-6-13-27/h7-11,14-16H,4-6,12-13H2,1-3H3,(H,25,28). The van der Waals surface area contributed by atoms with Crippen molar-refractivity contribution in [3.05, 3.63) is 53.1 Å². The highest BCUT2D eigenvalue weighted by atomic mass is 35.5. The maximum Gasteiger partial charge on any atom is 0.338 e. The van der Waals surface area contributed by atoms with Crippen molar-refractivity contribution >= 4 is 44.9 Å². The molecule has 1 amide bonds. The summed E-state index contributed by atoms with van der Waals surface area (Å²) in [6.07, 6.45) is 1.51. The summed E-state index contributed by atoms with van der Waals surface area (Å²) in [7, 11) is 0.0126. The molecule has 1 fully saturated rings. The Balaban J connectivity index is 1.71. The molecule has 1 atom stereocenters. The molecule has 1 unspecified atom stereocenters. The van der Waals surface area contributed by atoms with Gasteiger partial charge in [-0.1, -0.05) is 24.1 Å². The number of nitrogens with zero attached hydrogens (tertiary/aromatic N) is 2. The van der Waals surface area contributed by atoms with E-state index in [2.05, 4.69) is 5.32 Å². The van der Waals surface area contributed by atoms with Crippen LogP contribution in [0.3, 0.4) is 0 Å². The fourth-order valence-corrected chi connectivity index (χ4v) is 5.15. The minimum atomic E-state index is -3.69. The molecule has 1 heterocycles. The second-order valence-electron chi connectivity index (χ2n) is 8.09. The zero-order valence-corrected chi connectivity index (χ0v) is 20.4. The van der Waals surface area contributed by atoms with Crippen molar-refractivity contribution < 1.29 is 22.7 Å². The Morgan fingerprint density at radius 1 is 1.09 bits per heavy atom. The SMILES string of the molecule is CC(OC(=O)c1cccc(N(C)C)c1)C(=O)Nc1cc(S(=O)(=O)N2CCCCC2)ccc1Cl. The number of nitrogens with one attached hydrogen (secondary N) is 1. The normalized spacial score (nSPS) is 15.5. The summed E-state index contributed by atoms with van der Waals surface area (Å²) < 4.78 is 32.6. The molecule has 0 spiro atoms. The number of rotatable bonds is 7. The van der Waals surface area contributed by atoms with Crippen LogP contribution in [0.15, 0.2) is 47.4 Å². The van der Waals surface area contributed by atoms with Gasteiger partial charge in [-0.15, -0.1) is 0 Å². The Morgan fingerprint density at radius 2 is 1.79 bits per heavy atom. The van der Waals surface area contributed by atoms with Gasteiger partial charge < -0.3 is 15.0 Å². The van der Waals surface area contributed by atoms with E-state index in [1.165, 1.54) is 29.4 Å². The number of esters is 1. The van der Waals surface area contributed by atoms with Gasteiger partial charge in [0, 0.05) is 32.9 Å². The van der Waals surface area contributed by atoms with Crippen LogP contribution in [0.5, 0.6) is 0 Å². The van der Waals surface area contributed by atoms with Gasteiger partial charge in [-0.05, 0) is 56.2 Å². The predicted octanol–water partition coefficient (Wildman–Crippen LogP) is 3.76. The topological polar surface area (TPSA) is 96.0 Å². The summed E-state index contributed by atoms with van der Waals surface area (Å²) in [6, 6.07) is 11.0. The number of carbonyl (C=O) groups excluding carboxylic acids is 2. The molecule has 0 bridgehead atoms. The number of ether oxygens (including phenoxy) is 1. The molecule has 8 nitrogen and oxygen atoms in total. The van der Waals surface area contributed by atoms with E-state index in [4.69, 9.17) is 16.3 Å². The number of halogens is 1. The zero-order valence-electron chi connectivity index (χ0n) is 18.9. The van der Waals surface area contributed by atoms with E-state index < -0.39 is 28.0 Å². The van der Waals surface area contributed by atoms with E-state index in [9.17, 15) is 18.0 Å². The van der Waals surface area contributed by atoms with E-state index in [1.807, 2.05) is 25.1 Å². The van der Waals surface area contributed by atoms with Crippen LogP contribution in [-0.2, 0) is 19.6 Å². The third kappa shape index (κ3) is 6.04. The number of amides is 1. The molecule has 1 aliphatic heterocycles. The lowest BCUT2D eigenvalue weighted by Gasteiger charge is -2.26. The molecule has 2 aromatic carbocycles. The number of carbonyl (C=O) groups is 2. The van der Waals surface area contributed by atoms with Gasteiger partial charge in [-0.2, -0.15) is 4.31 Å². The Morgan fingerprint density at radius 3 is 2.45 bits per heavy atom. The lowest BCUT2D eigenvalue weighted by Crippen LogP contribution is -2.35. The highest BCUT2D eigenvalue weighted by Gasteiger charge is 2.27. The summed E-state index contributed by atoms with van der Waals surface area (Å²) >= 11 is 6.19. The molecule has 0 aromatic heterocycles. The summed E-state index contributed by atoms with van der Waals surface area (Å²) in [5.74, 6) is -1.27. The summed E-state index contributed by atoms with van der Waals surface area (Å²) in [4.78, 5) is 27.0. The van der Waals surface area contributed by atoms with Gasteiger partial charge in [0.25, 0.3) is 5.91 Å². The molecule has 2 aromatic rings. The number of anilines is 2. The van der Waals surface area contributed by atoms with Crippen LogP contribution in [0.4, 0.5) is 11.4 Å². The Hall–Kier alpha value is -2.62. The monoisotopic (exact) mass is 493 g/mol.